The van der Waals surface area contributed by atoms with Crippen molar-refractivity contribution in [1.29, 1.82) is 0 Å². The number of hydrogen-bond donors (Lipinski definition) is 1. The van der Waals surface area contributed by atoms with Gasteiger partial charge in [0.2, 0.25) is 0 Å². The average Bonchev–Trinajstić information content (AvgIpc) is 2.86. The molecule has 4 heteroatoms. The summed E-state index contributed by atoms with van der Waals surface area (Å²) in [6.07, 6.45) is 3.65. The van der Waals surface area contributed by atoms with Gasteiger partial charge in [0, 0.05) is 24.8 Å². The molecule has 3 rings (SSSR count). The Labute approximate surface area is 112 Å². The van der Waals surface area contributed by atoms with Gasteiger partial charge in [-0.15, -0.1) is 0 Å². The predicted molar refractivity (Wildman–Crippen MR) is 75.9 cm³/mol. The van der Waals surface area contributed by atoms with E-state index in [-0.39, 0.29) is 6.04 Å². The molecule has 96 valence electrons. The number of benzene rings is 1. The van der Waals surface area contributed by atoms with E-state index in [9.17, 15) is 0 Å². The summed E-state index contributed by atoms with van der Waals surface area (Å²) >= 11 is 0. The highest BCUT2D eigenvalue weighted by Gasteiger charge is 2.17. The van der Waals surface area contributed by atoms with Crippen LogP contribution in [-0.4, -0.2) is 21.8 Å². The summed E-state index contributed by atoms with van der Waals surface area (Å²) in [6.45, 7) is 0. The number of fused-ring (bicyclic) bond motifs is 1. The number of hydrogen-bond acceptors (Lipinski definition) is 3. The van der Waals surface area contributed by atoms with Gasteiger partial charge in [0.1, 0.15) is 0 Å². The third-order valence-electron chi connectivity index (χ3n) is 3.43. The maximum absolute atomic E-state index is 4.41. The smallest absolute Gasteiger partial charge is 0.0752 e. The van der Waals surface area contributed by atoms with E-state index in [0.29, 0.717) is 0 Å². The Morgan fingerprint density at radius 3 is 2.74 bits per heavy atom. The summed E-state index contributed by atoms with van der Waals surface area (Å²) in [5, 5.41) is 8.79. The van der Waals surface area contributed by atoms with Crippen LogP contribution >= 0.6 is 0 Å². The van der Waals surface area contributed by atoms with Crippen molar-refractivity contribution in [2.75, 3.05) is 7.05 Å². The van der Waals surface area contributed by atoms with E-state index >= 15 is 0 Å². The molecule has 19 heavy (non-hydrogen) atoms. The third kappa shape index (κ3) is 2.00. The van der Waals surface area contributed by atoms with Crippen LogP contribution in [0.3, 0.4) is 0 Å². The van der Waals surface area contributed by atoms with Crippen molar-refractivity contribution < 1.29 is 0 Å². The van der Waals surface area contributed by atoms with Gasteiger partial charge in [0.25, 0.3) is 0 Å². The highest BCUT2D eigenvalue weighted by molar-refractivity contribution is 5.82. The van der Waals surface area contributed by atoms with E-state index in [1.54, 1.807) is 0 Å². The fourth-order valence-electron chi connectivity index (χ4n) is 2.51. The van der Waals surface area contributed by atoms with Gasteiger partial charge in [-0.1, -0.05) is 18.2 Å². The summed E-state index contributed by atoms with van der Waals surface area (Å²) < 4.78 is 1.90. The van der Waals surface area contributed by atoms with Crippen LogP contribution in [0.5, 0.6) is 0 Å². The van der Waals surface area contributed by atoms with Crippen LogP contribution in [0.25, 0.3) is 10.9 Å². The van der Waals surface area contributed by atoms with Crippen molar-refractivity contribution in [2.45, 2.75) is 6.04 Å². The topological polar surface area (TPSA) is 42.7 Å². The molecule has 1 unspecified atom stereocenters. The SMILES string of the molecule is CNC(c1cccc2ncccc12)c1ccnn1C. The first kappa shape index (κ1) is 11.9. The highest BCUT2D eigenvalue weighted by atomic mass is 15.3. The second kappa shape index (κ2) is 4.82. The van der Waals surface area contributed by atoms with Crippen LogP contribution in [-0.2, 0) is 7.05 Å². The second-order valence-corrected chi connectivity index (χ2v) is 4.52. The summed E-state index contributed by atoms with van der Waals surface area (Å²) in [5.41, 5.74) is 3.37. The zero-order chi connectivity index (χ0) is 13.2. The monoisotopic (exact) mass is 252 g/mol. The van der Waals surface area contributed by atoms with Gasteiger partial charge in [0.15, 0.2) is 0 Å². The normalized spacial score (nSPS) is 12.7. The van der Waals surface area contributed by atoms with Crippen LogP contribution in [0.2, 0.25) is 0 Å². The van der Waals surface area contributed by atoms with Gasteiger partial charge < -0.3 is 5.32 Å². The van der Waals surface area contributed by atoms with E-state index in [2.05, 4.69) is 27.5 Å². The predicted octanol–water partition coefficient (Wildman–Crippen LogP) is 2.28. The number of aryl methyl sites for hydroxylation is 1. The molecule has 0 saturated carbocycles. The Morgan fingerprint density at radius 1 is 1.11 bits per heavy atom. The van der Waals surface area contributed by atoms with Crippen LogP contribution in [0.4, 0.5) is 0 Å². The van der Waals surface area contributed by atoms with Gasteiger partial charge in [-0.05, 0) is 30.8 Å². The fourth-order valence-corrected chi connectivity index (χ4v) is 2.51. The minimum atomic E-state index is 0.111. The van der Waals surface area contributed by atoms with Crippen LogP contribution in [0, 0.1) is 0 Å². The van der Waals surface area contributed by atoms with Crippen LogP contribution < -0.4 is 5.32 Å². The first-order chi connectivity index (χ1) is 9.31. The zero-order valence-electron chi connectivity index (χ0n) is 11.0. The quantitative estimate of drug-likeness (QED) is 0.777. The van der Waals surface area contributed by atoms with Gasteiger partial charge in [0.05, 0.1) is 17.3 Å². The molecule has 0 aliphatic rings. The zero-order valence-corrected chi connectivity index (χ0v) is 11.0. The molecular weight excluding hydrogens is 236 g/mol. The molecule has 0 saturated heterocycles. The molecule has 2 heterocycles. The summed E-state index contributed by atoms with van der Waals surface area (Å²) in [6, 6.07) is 12.5. The van der Waals surface area contributed by atoms with E-state index in [4.69, 9.17) is 0 Å². The lowest BCUT2D eigenvalue weighted by atomic mass is 9.99. The Morgan fingerprint density at radius 2 is 2.00 bits per heavy atom. The molecule has 1 aromatic carbocycles. The molecule has 0 radical (unpaired) electrons. The molecule has 0 bridgehead atoms. The van der Waals surface area contributed by atoms with Crippen molar-refractivity contribution in [2.24, 2.45) is 7.05 Å². The van der Waals surface area contributed by atoms with Gasteiger partial charge in [-0.25, -0.2) is 0 Å². The largest absolute Gasteiger partial charge is 0.308 e. The molecule has 1 atom stereocenters. The Kier molecular flexibility index (Phi) is 3.01. The van der Waals surface area contributed by atoms with E-state index in [1.807, 2.05) is 55.4 Å². The first-order valence-electron chi connectivity index (χ1n) is 6.30. The number of nitrogens with one attached hydrogen (secondary N) is 1. The van der Waals surface area contributed by atoms with Crippen molar-refractivity contribution >= 4 is 10.9 Å². The lowest BCUT2D eigenvalue weighted by Gasteiger charge is -2.18. The maximum Gasteiger partial charge on any atom is 0.0752 e. The van der Waals surface area contributed by atoms with E-state index in [0.717, 1.165) is 11.2 Å². The molecule has 3 aromatic rings. The fraction of sp³-hybridized carbons (Fsp3) is 0.200. The highest BCUT2D eigenvalue weighted by Crippen LogP contribution is 2.27. The van der Waals surface area contributed by atoms with Crippen molar-refractivity contribution in [1.82, 2.24) is 20.1 Å². The van der Waals surface area contributed by atoms with Crippen molar-refractivity contribution in [3.63, 3.8) is 0 Å². The molecule has 0 spiro atoms. The van der Waals surface area contributed by atoms with E-state index in [1.165, 1.54) is 10.9 Å². The molecule has 0 aliphatic heterocycles. The minimum Gasteiger partial charge on any atom is -0.308 e. The van der Waals surface area contributed by atoms with Crippen LogP contribution in [0.15, 0.2) is 48.8 Å². The summed E-state index contributed by atoms with van der Waals surface area (Å²) in [5.74, 6) is 0. The van der Waals surface area contributed by atoms with Crippen molar-refractivity contribution in [3.8, 4) is 0 Å². The Hall–Kier alpha value is -2.20. The average molecular weight is 252 g/mol. The van der Waals surface area contributed by atoms with Gasteiger partial charge >= 0.3 is 0 Å². The number of aromatic nitrogens is 3. The van der Waals surface area contributed by atoms with Crippen molar-refractivity contribution in [3.05, 3.63) is 60.0 Å². The standard InChI is InChI=1S/C15H16N4/c1-16-15(14-8-10-18-19(14)2)12-5-3-7-13-11(12)6-4-9-17-13/h3-10,15-16H,1-2H3. The third-order valence-corrected chi connectivity index (χ3v) is 3.43. The molecule has 2 aromatic heterocycles. The Bertz CT molecular complexity index is 697. The first-order valence-corrected chi connectivity index (χ1v) is 6.30. The van der Waals surface area contributed by atoms with E-state index < -0.39 is 0 Å². The molecule has 0 amide bonds. The summed E-state index contributed by atoms with van der Waals surface area (Å²) in [4.78, 5) is 4.41. The van der Waals surface area contributed by atoms with Gasteiger partial charge in [-0.3, -0.25) is 9.67 Å². The number of nitrogens with zero attached hydrogens (tertiary/aromatic N) is 3. The summed E-state index contributed by atoms with van der Waals surface area (Å²) in [7, 11) is 3.93. The minimum absolute atomic E-state index is 0.111. The van der Waals surface area contributed by atoms with Gasteiger partial charge in [-0.2, -0.15) is 5.10 Å². The molecule has 4 nitrogen and oxygen atoms in total. The lowest BCUT2D eigenvalue weighted by Crippen LogP contribution is -2.20. The molecular formula is C15H16N4. The molecule has 1 N–H and O–H groups in total. The Balaban J connectivity index is 2.20. The van der Waals surface area contributed by atoms with Crippen LogP contribution in [0.1, 0.15) is 17.3 Å². The second-order valence-electron chi connectivity index (χ2n) is 4.52. The molecule has 0 aliphatic carbocycles. The molecule has 0 fully saturated rings. The maximum atomic E-state index is 4.41. The number of pyridine rings is 1. The lowest BCUT2D eigenvalue weighted by molar-refractivity contribution is 0.609. The number of rotatable bonds is 3.